The van der Waals surface area contributed by atoms with Crippen LogP contribution in [-0.4, -0.2) is 25.1 Å². The summed E-state index contributed by atoms with van der Waals surface area (Å²) in [6, 6.07) is -0.106. The molecule has 1 atom stereocenters. The van der Waals surface area contributed by atoms with Crippen molar-refractivity contribution < 1.29 is 0 Å². The molecule has 2 rings (SSSR count). The smallest absolute Gasteiger partial charge is 0.224 e. The van der Waals surface area contributed by atoms with Gasteiger partial charge in [0.25, 0.3) is 0 Å². The summed E-state index contributed by atoms with van der Waals surface area (Å²) in [6.45, 7) is 3.68. The quantitative estimate of drug-likeness (QED) is 0.713. The van der Waals surface area contributed by atoms with Gasteiger partial charge in [-0.25, -0.2) is 9.97 Å². The Bertz CT molecular complexity index is 510. The zero-order valence-electron chi connectivity index (χ0n) is 9.40. The van der Waals surface area contributed by atoms with Crippen LogP contribution in [0.3, 0.4) is 0 Å². The summed E-state index contributed by atoms with van der Waals surface area (Å²) in [7, 11) is 0. The van der Waals surface area contributed by atoms with Gasteiger partial charge in [-0.2, -0.15) is 10.1 Å². The Balaban J connectivity index is 2.24. The van der Waals surface area contributed by atoms with Crippen molar-refractivity contribution in [2.45, 2.75) is 19.9 Å². The van der Waals surface area contributed by atoms with E-state index in [1.54, 1.807) is 6.92 Å². The monoisotopic (exact) mass is 253 g/mol. The van der Waals surface area contributed by atoms with E-state index in [1.807, 2.05) is 6.92 Å². The number of anilines is 2. The Morgan fingerprint density at radius 1 is 1.47 bits per heavy atom. The second-order valence-corrected chi connectivity index (χ2v) is 3.92. The lowest BCUT2D eigenvalue weighted by atomic mass is 10.3. The van der Waals surface area contributed by atoms with Crippen LogP contribution < -0.4 is 11.1 Å². The molecule has 7 nitrogen and oxygen atoms in total. The van der Waals surface area contributed by atoms with Crippen LogP contribution >= 0.6 is 11.6 Å². The first kappa shape index (κ1) is 11.6. The van der Waals surface area contributed by atoms with E-state index in [9.17, 15) is 0 Å². The highest BCUT2D eigenvalue weighted by Crippen LogP contribution is 2.23. The molecule has 0 aliphatic heterocycles. The molecular formula is C9H12ClN7. The first-order valence-electron chi connectivity index (χ1n) is 4.99. The minimum atomic E-state index is -0.106. The van der Waals surface area contributed by atoms with Crippen LogP contribution in [0.1, 0.15) is 24.5 Å². The van der Waals surface area contributed by atoms with Gasteiger partial charge in [-0.15, -0.1) is 0 Å². The Labute approximate surface area is 103 Å². The Hall–Kier alpha value is -1.89. The van der Waals surface area contributed by atoms with E-state index < -0.39 is 0 Å². The zero-order chi connectivity index (χ0) is 12.4. The molecule has 0 aliphatic rings. The molecule has 0 aliphatic carbocycles. The predicted molar refractivity (Wildman–Crippen MR) is 64.6 cm³/mol. The van der Waals surface area contributed by atoms with E-state index >= 15 is 0 Å². The molecule has 0 spiro atoms. The van der Waals surface area contributed by atoms with Crippen molar-refractivity contribution in [3.05, 3.63) is 23.1 Å². The number of halogens is 1. The lowest BCUT2D eigenvalue weighted by Gasteiger charge is -2.14. The molecule has 0 saturated heterocycles. The SMILES string of the molecule is Cc1nc(Cl)nc(NC(C)c2ncn[nH]2)c1N. The van der Waals surface area contributed by atoms with Crippen LogP contribution in [0.5, 0.6) is 0 Å². The molecule has 0 amide bonds. The molecule has 2 aromatic rings. The number of hydrogen-bond acceptors (Lipinski definition) is 6. The molecule has 1 unspecified atom stereocenters. The molecule has 0 bridgehead atoms. The minimum Gasteiger partial charge on any atom is -0.394 e. The third-order valence-corrected chi connectivity index (χ3v) is 2.47. The average molecular weight is 254 g/mol. The first-order chi connectivity index (χ1) is 8.08. The summed E-state index contributed by atoms with van der Waals surface area (Å²) in [5, 5.41) is 9.80. The van der Waals surface area contributed by atoms with Gasteiger partial charge in [-0.3, -0.25) is 5.10 Å². The van der Waals surface area contributed by atoms with Crippen LogP contribution in [0.4, 0.5) is 11.5 Å². The molecule has 4 N–H and O–H groups in total. The summed E-state index contributed by atoms with van der Waals surface area (Å²) in [5.74, 6) is 1.18. The molecule has 90 valence electrons. The third-order valence-electron chi connectivity index (χ3n) is 2.31. The Morgan fingerprint density at radius 3 is 2.88 bits per heavy atom. The highest BCUT2D eigenvalue weighted by Gasteiger charge is 2.13. The van der Waals surface area contributed by atoms with Gasteiger partial charge in [0.2, 0.25) is 5.28 Å². The van der Waals surface area contributed by atoms with E-state index in [2.05, 4.69) is 30.5 Å². The molecular weight excluding hydrogens is 242 g/mol. The maximum absolute atomic E-state index is 5.86. The molecule has 2 aromatic heterocycles. The van der Waals surface area contributed by atoms with Crippen molar-refractivity contribution in [2.24, 2.45) is 0 Å². The zero-order valence-corrected chi connectivity index (χ0v) is 10.2. The highest BCUT2D eigenvalue weighted by atomic mass is 35.5. The van der Waals surface area contributed by atoms with Crippen LogP contribution in [-0.2, 0) is 0 Å². The number of aryl methyl sites for hydroxylation is 1. The van der Waals surface area contributed by atoms with Crippen molar-refractivity contribution in [2.75, 3.05) is 11.1 Å². The third kappa shape index (κ3) is 2.44. The van der Waals surface area contributed by atoms with E-state index in [0.717, 1.165) is 0 Å². The largest absolute Gasteiger partial charge is 0.394 e. The number of rotatable bonds is 3. The van der Waals surface area contributed by atoms with Crippen molar-refractivity contribution in [3.8, 4) is 0 Å². The highest BCUT2D eigenvalue weighted by molar-refractivity contribution is 6.28. The van der Waals surface area contributed by atoms with Crippen LogP contribution in [0.15, 0.2) is 6.33 Å². The van der Waals surface area contributed by atoms with Crippen molar-refractivity contribution in [1.82, 2.24) is 25.1 Å². The van der Waals surface area contributed by atoms with E-state index in [-0.39, 0.29) is 11.3 Å². The van der Waals surface area contributed by atoms with E-state index in [4.69, 9.17) is 17.3 Å². The molecule has 0 saturated carbocycles. The van der Waals surface area contributed by atoms with Crippen LogP contribution in [0.25, 0.3) is 0 Å². The van der Waals surface area contributed by atoms with E-state index in [0.29, 0.717) is 23.0 Å². The summed E-state index contributed by atoms with van der Waals surface area (Å²) >= 11 is 5.78. The van der Waals surface area contributed by atoms with Gasteiger partial charge in [0, 0.05) is 0 Å². The van der Waals surface area contributed by atoms with Gasteiger partial charge in [-0.1, -0.05) is 0 Å². The fourth-order valence-corrected chi connectivity index (χ4v) is 1.57. The van der Waals surface area contributed by atoms with Gasteiger partial charge in [0.1, 0.15) is 12.2 Å². The topological polar surface area (TPSA) is 105 Å². The average Bonchev–Trinajstić information content (AvgIpc) is 2.78. The number of hydrogen-bond donors (Lipinski definition) is 3. The van der Waals surface area contributed by atoms with Gasteiger partial charge < -0.3 is 11.1 Å². The molecule has 8 heteroatoms. The first-order valence-corrected chi connectivity index (χ1v) is 5.37. The molecule has 0 radical (unpaired) electrons. The number of nitrogens with zero attached hydrogens (tertiary/aromatic N) is 4. The van der Waals surface area contributed by atoms with Crippen LogP contribution in [0.2, 0.25) is 5.28 Å². The van der Waals surface area contributed by atoms with Crippen molar-refractivity contribution in [1.29, 1.82) is 0 Å². The summed E-state index contributed by atoms with van der Waals surface area (Å²) in [4.78, 5) is 12.0. The molecule has 0 fully saturated rings. The second kappa shape index (κ2) is 4.54. The van der Waals surface area contributed by atoms with Crippen molar-refractivity contribution >= 4 is 23.1 Å². The van der Waals surface area contributed by atoms with Gasteiger partial charge in [0.05, 0.1) is 17.4 Å². The summed E-state index contributed by atoms with van der Waals surface area (Å²) in [6.07, 6.45) is 1.44. The maximum Gasteiger partial charge on any atom is 0.224 e. The number of H-pyrrole nitrogens is 1. The predicted octanol–water partition coefficient (Wildman–Crippen LogP) is 1.31. The molecule has 2 heterocycles. The number of aromatic nitrogens is 5. The second-order valence-electron chi connectivity index (χ2n) is 3.58. The Morgan fingerprint density at radius 2 is 2.24 bits per heavy atom. The van der Waals surface area contributed by atoms with Crippen LogP contribution in [0, 0.1) is 6.92 Å². The van der Waals surface area contributed by atoms with Gasteiger partial charge in [0.15, 0.2) is 5.82 Å². The normalized spacial score (nSPS) is 12.4. The van der Waals surface area contributed by atoms with Crippen molar-refractivity contribution in [3.63, 3.8) is 0 Å². The number of nitrogens with two attached hydrogens (primary N) is 1. The lowest BCUT2D eigenvalue weighted by Crippen LogP contribution is -2.12. The minimum absolute atomic E-state index is 0.106. The number of nitrogen functional groups attached to an aromatic ring is 1. The number of aromatic amines is 1. The van der Waals surface area contributed by atoms with Gasteiger partial charge in [-0.05, 0) is 25.4 Å². The molecule has 0 aromatic carbocycles. The fourth-order valence-electron chi connectivity index (χ4n) is 1.35. The lowest BCUT2D eigenvalue weighted by molar-refractivity contribution is 0.789. The molecule has 17 heavy (non-hydrogen) atoms. The fraction of sp³-hybridized carbons (Fsp3) is 0.333. The Kier molecular flexibility index (Phi) is 3.10. The van der Waals surface area contributed by atoms with Gasteiger partial charge >= 0.3 is 0 Å². The maximum atomic E-state index is 5.86. The summed E-state index contributed by atoms with van der Waals surface area (Å²) < 4.78 is 0. The number of nitrogens with one attached hydrogen (secondary N) is 2. The van der Waals surface area contributed by atoms with E-state index in [1.165, 1.54) is 6.33 Å². The summed E-state index contributed by atoms with van der Waals surface area (Å²) in [5.41, 5.74) is 6.97. The standard InChI is InChI=1S/C9H12ClN7/c1-4-6(11)8(16-9(10)15-4)14-5(2)7-12-3-13-17-7/h3,5H,11H2,1-2H3,(H,12,13,17)(H,14,15,16).